The van der Waals surface area contributed by atoms with Crippen LogP contribution in [0.4, 0.5) is 0 Å². The van der Waals surface area contributed by atoms with E-state index in [-0.39, 0.29) is 11.8 Å². The fourth-order valence-electron chi connectivity index (χ4n) is 6.67. The summed E-state index contributed by atoms with van der Waals surface area (Å²) in [6.45, 7) is 2.28. The molecule has 1 heterocycles. The quantitative estimate of drug-likeness (QED) is 0.923. The summed E-state index contributed by atoms with van der Waals surface area (Å²) < 4.78 is 1.83. The smallest absolute Gasteiger partial charge is 0.223 e. The standard InChI is InChI=1S/C20H29N3O/c1-12(20-7-13-3-14(8-20)5-15(4-13)9-20)22-19(24)18-6-17(18)16-10-21-23(2)11-16/h10-15,17-18H,3-9H2,1-2H3,(H,22,24)/t12-,13?,14?,15?,17+,18+,20?/m0/s1. The van der Waals surface area contributed by atoms with Crippen LogP contribution in [0.25, 0.3) is 0 Å². The first-order valence-corrected chi connectivity index (χ1v) is 9.81. The summed E-state index contributed by atoms with van der Waals surface area (Å²) >= 11 is 0. The molecule has 1 aromatic heterocycles. The Labute approximate surface area is 144 Å². The van der Waals surface area contributed by atoms with Gasteiger partial charge in [0, 0.05) is 25.2 Å². The number of amides is 1. The van der Waals surface area contributed by atoms with Gasteiger partial charge in [-0.15, -0.1) is 0 Å². The number of rotatable bonds is 4. The SMILES string of the molecule is C[C@H](NC(=O)[C@@H]1C[C@@H]1c1cnn(C)c1)C12CC3CC(CC(C3)C1)C2. The first-order valence-electron chi connectivity index (χ1n) is 9.81. The highest BCUT2D eigenvalue weighted by atomic mass is 16.2. The van der Waals surface area contributed by atoms with E-state index in [9.17, 15) is 4.79 Å². The average molecular weight is 327 g/mol. The maximum absolute atomic E-state index is 12.8. The molecule has 0 spiro atoms. The molecule has 0 aromatic carbocycles. The van der Waals surface area contributed by atoms with Gasteiger partial charge in [-0.05, 0) is 86.5 Å². The molecule has 6 rings (SSSR count). The predicted molar refractivity (Wildman–Crippen MR) is 92.3 cm³/mol. The minimum absolute atomic E-state index is 0.172. The first-order chi connectivity index (χ1) is 11.5. The highest BCUT2D eigenvalue weighted by Gasteiger charge is 2.54. The van der Waals surface area contributed by atoms with E-state index < -0.39 is 0 Å². The minimum atomic E-state index is 0.172. The number of nitrogens with one attached hydrogen (secondary N) is 1. The molecule has 0 saturated heterocycles. The van der Waals surface area contributed by atoms with Crippen LogP contribution in [0.2, 0.25) is 0 Å². The van der Waals surface area contributed by atoms with Gasteiger partial charge in [-0.2, -0.15) is 5.10 Å². The number of aryl methyl sites for hydroxylation is 1. The molecule has 130 valence electrons. The van der Waals surface area contributed by atoms with Gasteiger partial charge in [0.2, 0.25) is 5.91 Å². The summed E-state index contributed by atoms with van der Waals surface area (Å²) in [7, 11) is 1.94. The van der Waals surface area contributed by atoms with Gasteiger partial charge in [0.05, 0.1) is 6.20 Å². The number of hydrogen-bond acceptors (Lipinski definition) is 2. The molecule has 24 heavy (non-hydrogen) atoms. The van der Waals surface area contributed by atoms with Crippen LogP contribution in [-0.2, 0) is 11.8 Å². The molecule has 4 nitrogen and oxygen atoms in total. The summed E-state index contributed by atoms with van der Waals surface area (Å²) in [6, 6.07) is 0.341. The monoisotopic (exact) mass is 327 g/mol. The third-order valence-corrected chi connectivity index (χ3v) is 7.64. The molecule has 0 aliphatic heterocycles. The molecule has 4 bridgehead atoms. The molecule has 0 radical (unpaired) electrons. The van der Waals surface area contributed by atoms with E-state index in [1.807, 2.05) is 17.9 Å². The predicted octanol–water partition coefficient (Wildman–Crippen LogP) is 3.24. The second-order valence-corrected chi connectivity index (χ2v) is 9.41. The number of aromatic nitrogens is 2. The molecule has 5 fully saturated rings. The molecule has 3 atom stereocenters. The Morgan fingerprint density at radius 2 is 1.83 bits per heavy atom. The zero-order chi connectivity index (χ0) is 16.5. The Bertz CT molecular complexity index is 628. The van der Waals surface area contributed by atoms with Crippen LogP contribution in [0.3, 0.4) is 0 Å². The fourth-order valence-corrected chi connectivity index (χ4v) is 6.67. The Morgan fingerprint density at radius 3 is 2.38 bits per heavy atom. The van der Waals surface area contributed by atoms with Crippen LogP contribution in [-0.4, -0.2) is 21.7 Å². The van der Waals surface area contributed by atoms with Crippen molar-refractivity contribution in [2.24, 2.45) is 36.1 Å². The lowest BCUT2D eigenvalue weighted by atomic mass is 9.48. The number of carbonyl (C=O) groups is 1. The molecule has 1 amide bonds. The van der Waals surface area contributed by atoms with E-state index in [2.05, 4.69) is 23.5 Å². The van der Waals surface area contributed by atoms with E-state index in [4.69, 9.17) is 0 Å². The molecule has 1 N–H and O–H groups in total. The summed E-state index contributed by atoms with van der Waals surface area (Å²) in [4.78, 5) is 12.8. The van der Waals surface area contributed by atoms with Gasteiger partial charge in [-0.25, -0.2) is 0 Å². The largest absolute Gasteiger partial charge is 0.353 e. The lowest BCUT2D eigenvalue weighted by Gasteiger charge is -2.59. The second kappa shape index (κ2) is 5.09. The van der Waals surface area contributed by atoms with Gasteiger partial charge >= 0.3 is 0 Å². The number of hydrogen-bond donors (Lipinski definition) is 1. The normalized spacial score (nSPS) is 43.7. The van der Waals surface area contributed by atoms with Gasteiger partial charge in [-0.3, -0.25) is 9.48 Å². The molecule has 5 saturated carbocycles. The fraction of sp³-hybridized carbons (Fsp3) is 0.800. The highest BCUT2D eigenvalue weighted by Crippen LogP contribution is 2.61. The Kier molecular flexibility index (Phi) is 3.18. The van der Waals surface area contributed by atoms with Crippen LogP contribution in [0, 0.1) is 29.1 Å². The molecule has 5 aliphatic rings. The third kappa shape index (κ3) is 2.33. The molecular formula is C20H29N3O. The topological polar surface area (TPSA) is 46.9 Å². The highest BCUT2D eigenvalue weighted by molar-refractivity contribution is 5.83. The van der Waals surface area contributed by atoms with E-state index in [0.29, 0.717) is 17.4 Å². The van der Waals surface area contributed by atoms with Gasteiger partial charge in [-0.1, -0.05) is 0 Å². The van der Waals surface area contributed by atoms with Crippen molar-refractivity contribution < 1.29 is 4.79 Å². The Hall–Kier alpha value is -1.32. The van der Waals surface area contributed by atoms with Crippen molar-refractivity contribution in [3.63, 3.8) is 0 Å². The molecule has 1 aromatic rings. The zero-order valence-electron chi connectivity index (χ0n) is 14.9. The average Bonchev–Trinajstić information content (AvgIpc) is 3.21. The van der Waals surface area contributed by atoms with Crippen LogP contribution in [0.15, 0.2) is 12.4 Å². The minimum Gasteiger partial charge on any atom is -0.353 e. The van der Waals surface area contributed by atoms with Crippen molar-refractivity contribution in [1.29, 1.82) is 0 Å². The van der Waals surface area contributed by atoms with E-state index in [1.165, 1.54) is 44.1 Å². The molecule has 5 aliphatic carbocycles. The van der Waals surface area contributed by atoms with Crippen molar-refractivity contribution >= 4 is 5.91 Å². The lowest BCUT2D eigenvalue weighted by Crippen LogP contribution is -2.56. The summed E-state index contributed by atoms with van der Waals surface area (Å²) in [5.74, 6) is 3.68. The van der Waals surface area contributed by atoms with Crippen LogP contribution < -0.4 is 5.32 Å². The van der Waals surface area contributed by atoms with Crippen molar-refractivity contribution in [2.75, 3.05) is 0 Å². The van der Waals surface area contributed by atoms with Crippen molar-refractivity contribution in [2.45, 2.75) is 63.8 Å². The van der Waals surface area contributed by atoms with Gasteiger partial charge in [0.25, 0.3) is 0 Å². The molecular weight excluding hydrogens is 298 g/mol. The van der Waals surface area contributed by atoms with E-state index >= 15 is 0 Å². The maximum atomic E-state index is 12.8. The van der Waals surface area contributed by atoms with Crippen molar-refractivity contribution in [3.05, 3.63) is 18.0 Å². The zero-order valence-corrected chi connectivity index (χ0v) is 14.9. The van der Waals surface area contributed by atoms with Gasteiger partial charge in [0.1, 0.15) is 0 Å². The molecule has 4 heteroatoms. The Balaban J connectivity index is 1.24. The van der Waals surface area contributed by atoms with Gasteiger partial charge < -0.3 is 5.32 Å². The lowest BCUT2D eigenvalue weighted by molar-refractivity contribution is -0.127. The Morgan fingerprint density at radius 1 is 1.21 bits per heavy atom. The maximum Gasteiger partial charge on any atom is 0.223 e. The van der Waals surface area contributed by atoms with Crippen LogP contribution in [0.1, 0.15) is 63.4 Å². The van der Waals surface area contributed by atoms with Crippen molar-refractivity contribution in [3.8, 4) is 0 Å². The number of carbonyl (C=O) groups excluding carboxylic acids is 1. The van der Waals surface area contributed by atoms with Crippen LogP contribution >= 0.6 is 0 Å². The van der Waals surface area contributed by atoms with Crippen LogP contribution in [0.5, 0.6) is 0 Å². The number of nitrogens with zero attached hydrogens (tertiary/aromatic N) is 2. The van der Waals surface area contributed by atoms with Crippen molar-refractivity contribution in [1.82, 2.24) is 15.1 Å². The summed E-state index contributed by atoms with van der Waals surface area (Å²) in [5.41, 5.74) is 1.63. The van der Waals surface area contributed by atoms with Gasteiger partial charge in [0.15, 0.2) is 0 Å². The second-order valence-electron chi connectivity index (χ2n) is 9.41. The molecule has 0 unspecified atom stereocenters. The summed E-state index contributed by atoms with van der Waals surface area (Å²) in [6.07, 6.45) is 13.4. The first kappa shape index (κ1) is 15.0. The van der Waals surface area contributed by atoms with E-state index in [1.54, 1.807) is 0 Å². The third-order valence-electron chi connectivity index (χ3n) is 7.64. The van der Waals surface area contributed by atoms with E-state index in [0.717, 1.165) is 24.2 Å². The summed E-state index contributed by atoms with van der Waals surface area (Å²) in [5, 5.41) is 7.68.